The van der Waals surface area contributed by atoms with E-state index in [1.165, 1.54) is 51.6 Å². The summed E-state index contributed by atoms with van der Waals surface area (Å²) in [5.41, 5.74) is 0. The summed E-state index contributed by atoms with van der Waals surface area (Å²) in [5.74, 6) is 1.83. The van der Waals surface area contributed by atoms with Crippen LogP contribution in [-0.4, -0.2) is 36.1 Å². The average Bonchev–Trinajstić information content (AvgIpc) is 2.88. The van der Waals surface area contributed by atoms with Crippen LogP contribution in [0.4, 0.5) is 0 Å². The molecule has 1 saturated carbocycles. The molecule has 2 saturated heterocycles. The van der Waals surface area contributed by atoms with Gasteiger partial charge in [-0.3, -0.25) is 4.90 Å². The van der Waals surface area contributed by atoms with Crippen LogP contribution >= 0.6 is 0 Å². The molecule has 17 heavy (non-hydrogen) atoms. The molecular weight excluding hydrogens is 208 g/mol. The number of nitrogens with one attached hydrogen (secondary N) is 1. The van der Waals surface area contributed by atoms with Crippen molar-refractivity contribution in [3.63, 3.8) is 0 Å². The Bertz CT molecular complexity index is 266. The van der Waals surface area contributed by atoms with Gasteiger partial charge < -0.3 is 5.32 Å². The minimum absolute atomic E-state index is 0.796. The average molecular weight is 236 g/mol. The van der Waals surface area contributed by atoms with Crippen LogP contribution in [0.3, 0.4) is 0 Å². The topological polar surface area (TPSA) is 15.3 Å². The van der Waals surface area contributed by atoms with Crippen molar-refractivity contribution in [3.05, 3.63) is 0 Å². The molecular formula is C15H28N2. The standard InChI is InChI=1S/C15H28N2/c1-11-5-6-12(2)14(10-11)16-13-7-9-17-8-3-4-15(13)17/h11-16H,3-10H2,1-2H3. The lowest BCUT2D eigenvalue weighted by molar-refractivity contribution is 0.198. The number of rotatable bonds is 2. The summed E-state index contributed by atoms with van der Waals surface area (Å²) in [6.45, 7) is 7.58. The monoisotopic (exact) mass is 236 g/mol. The first kappa shape index (κ1) is 12.0. The fourth-order valence-corrected chi connectivity index (χ4v) is 4.32. The molecule has 5 unspecified atom stereocenters. The lowest BCUT2D eigenvalue weighted by Crippen LogP contribution is -2.48. The largest absolute Gasteiger partial charge is 0.309 e. The van der Waals surface area contributed by atoms with Gasteiger partial charge in [-0.2, -0.15) is 0 Å². The van der Waals surface area contributed by atoms with Gasteiger partial charge in [0, 0.05) is 24.7 Å². The molecule has 0 radical (unpaired) electrons. The zero-order chi connectivity index (χ0) is 11.8. The summed E-state index contributed by atoms with van der Waals surface area (Å²) in [7, 11) is 0. The maximum absolute atomic E-state index is 4.03. The van der Waals surface area contributed by atoms with Crippen LogP contribution in [0.25, 0.3) is 0 Å². The molecule has 0 bridgehead atoms. The fraction of sp³-hybridized carbons (Fsp3) is 1.00. The van der Waals surface area contributed by atoms with Crippen molar-refractivity contribution in [2.75, 3.05) is 13.1 Å². The molecule has 98 valence electrons. The van der Waals surface area contributed by atoms with Crippen molar-refractivity contribution in [2.24, 2.45) is 11.8 Å². The normalized spacial score (nSPS) is 47.3. The zero-order valence-corrected chi connectivity index (χ0v) is 11.5. The minimum atomic E-state index is 0.796. The lowest BCUT2D eigenvalue weighted by atomic mass is 9.79. The Morgan fingerprint density at radius 2 is 1.82 bits per heavy atom. The molecule has 2 nitrogen and oxygen atoms in total. The van der Waals surface area contributed by atoms with Gasteiger partial charge in [-0.25, -0.2) is 0 Å². The van der Waals surface area contributed by atoms with E-state index in [9.17, 15) is 0 Å². The summed E-state index contributed by atoms with van der Waals surface area (Å²) in [6.07, 6.45) is 8.54. The van der Waals surface area contributed by atoms with Gasteiger partial charge in [-0.05, 0) is 50.5 Å². The fourth-order valence-electron chi connectivity index (χ4n) is 4.32. The Morgan fingerprint density at radius 1 is 0.941 bits per heavy atom. The van der Waals surface area contributed by atoms with E-state index in [1.807, 2.05) is 0 Å². The molecule has 2 heteroatoms. The van der Waals surface area contributed by atoms with Crippen LogP contribution in [0, 0.1) is 11.8 Å². The summed E-state index contributed by atoms with van der Waals surface area (Å²) in [6, 6.07) is 2.47. The first-order valence-electron chi connectivity index (χ1n) is 7.74. The molecule has 0 aromatic carbocycles. The molecule has 0 amide bonds. The number of hydrogen-bond acceptors (Lipinski definition) is 2. The van der Waals surface area contributed by atoms with Crippen LogP contribution in [-0.2, 0) is 0 Å². The van der Waals surface area contributed by atoms with Gasteiger partial charge >= 0.3 is 0 Å². The molecule has 5 atom stereocenters. The van der Waals surface area contributed by atoms with E-state index in [-0.39, 0.29) is 0 Å². The van der Waals surface area contributed by atoms with E-state index in [4.69, 9.17) is 0 Å². The first-order valence-corrected chi connectivity index (χ1v) is 7.74. The second-order valence-electron chi connectivity index (χ2n) is 6.81. The molecule has 3 fully saturated rings. The molecule has 0 aromatic rings. The summed E-state index contributed by atoms with van der Waals surface area (Å²) in [4.78, 5) is 2.72. The van der Waals surface area contributed by atoms with Crippen molar-refractivity contribution < 1.29 is 0 Å². The Labute approximate surface area is 106 Å². The highest BCUT2D eigenvalue weighted by atomic mass is 15.2. The van der Waals surface area contributed by atoms with Gasteiger partial charge in [0.25, 0.3) is 0 Å². The van der Waals surface area contributed by atoms with Gasteiger partial charge in [-0.15, -0.1) is 0 Å². The van der Waals surface area contributed by atoms with Crippen molar-refractivity contribution in [1.82, 2.24) is 10.2 Å². The van der Waals surface area contributed by atoms with Crippen molar-refractivity contribution in [2.45, 2.75) is 70.5 Å². The predicted molar refractivity (Wildman–Crippen MR) is 72.1 cm³/mol. The van der Waals surface area contributed by atoms with Crippen molar-refractivity contribution >= 4 is 0 Å². The molecule has 3 rings (SSSR count). The number of nitrogens with zero attached hydrogens (tertiary/aromatic N) is 1. The maximum Gasteiger partial charge on any atom is 0.0250 e. The van der Waals surface area contributed by atoms with Crippen molar-refractivity contribution in [1.29, 1.82) is 0 Å². The van der Waals surface area contributed by atoms with E-state index in [0.717, 1.165) is 30.0 Å². The maximum atomic E-state index is 4.03. The molecule has 0 spiro atoms. The highest BCUT2D eigenvalue weighted by Gasteiger charge is 2.39. The van der Waals surface area contributed by atoms with Gasteiger partial charge in [0.05, 0.1) is 0 Å². The Balaban J connectivity index is 1.58. The van der Waals surface area contributed by atoms with E-state index >= 15 is 0 Å². The van der Waals surface area contributed by atoms with Gasteiger partial charge in [0.2, 0.25) is 0 Å². The Kier molecular flexibility index (Phi) is 3.45. The second-order valence-corrected chi connectivity index (χ2v) is 6.81. The SMILES string of the molecule is CC1CCC(C)C(NC2CCN3CCCC23)C1. The highest BCUT2D eigenvalue weighted by molar-refractivity contribution is 4.98. The molecule has 2 heterocycles. The van der Waals surface area contributed by atoms with Gasteiger partial charge in [0.1, 0.15) is 0 Å². The molecule has 1 N–H and O–H groups in total. The van der Waals surface area contributed by atoms with E-state index < -0.39 is 0 Å². The van der Waals surface area contributed by atoms with Crippen LogP contribution in [0.1, 0.15) is 52.4 Å². The zero-order valence-electron chi connectivity index (χ0n) is 11.5. The van der Waals surface area contributed by atoms with Crippen LogP contribution < -0.4 is 5.32 Å². The lowest BCUT2D eigenvalue weighted by Gasteiger charge is -2.36. The summed E-state index contributed by atoms with van der Waals surface area (Å²) >= 11 is 0. The van der Waals surface area contributed by atoms with Crippen LogP contribution in [0.2, 0.25) is 0 Å². The van der Waals surface area contributed by atoms with E-state index in [0.29, 0.717) is 0 Å². The third-order valence-electron chi connectivity index (χ3n) is 5.49. The number of fused-ring (bicyclic) bond motifs is 1. The third kappa shape index (κ3) is 2.39. The smallest absolute Gasteiger partial charge is 0.0250 e. The highest BCUT2D eigenvalue weighted by Crippen LogP contribution is 2.32. The second kappa shape index (κ2) is 4.89. The molecule has 3 aliphatic rings. The number of hydrogen-bond donors (Lipinski definition) is 1. The molecule has 2 aliphatic heterocycles. The predicted octanol–water partition coefficient (Wildman–Crippen LogP) is 2.64. The first-order chi connectivity index (χ1) is 8.24. The van der Waals surface area contributed by atoms with Crippen LogP contribution in [0.5, 0.6) is 0 Å². The molecule has 1 aliphatic carbocycles. The van der Waals surface area contributed by atoms with E-state index in [2.05, 4.69) is 24.1 Å². The Hall–Kier alpha value is -0.0800. The van der Waals surface area contributed by atoms with Gasteiger partial charge in [0.15, 0.2) is 0 Å². The molecule has 0 aromatic heterocycles. The van der Waals surface area contributed by atoms with Crippen molar-refractivity contribution in [3.8, 4) is 0 Å². The Morgan fingerprint density at radius 3 is 2.71 bits per heavy atom. The van der Waals surface area contributed by atoms with Crippen LogP contribution in [0.15, 0.2) is 0 Å². The minimum Gasteiger partial charge on any atom is -0.309 e. The van der Waals surface area contributed by atoms with Gasteiger partial charge in [-0.1, -0.05) is 20.3 Å². The summed E-state index contributed by atoms with van der Waals surface area (Å²) in [5, 5.41) is 4.03. The third-order valence-corrected chi connectivity index (χ3v) is 5.49. The summed E-state index contributed by atoms with van der Waals surface area (Å²) < 4.78 is 0. The quantitative estimate of drug-likeness (QED) is 0.793. The van der Waals surface area contributed by atoms with E-state index in [1.54, 1.807) is 0 Å².